The number of ether oxygens (including phenoxy) is 1. The third kappa shape index (κ3) is 5.59. The van der Waals surface area contributed by atoms with Gasteiger partial charge in [0.05, 0.1) is 8.47 Å². The third-order valence-electron chi connectivity index (χ3n) is 11.8. The summed E-state index contributed by atoms with van der Waals surface area (Å²) in [6, 6.07) is 0. The van der Waals surface area contributed by atoms with Gasteiger partial charge in [-0.2, -0.15) is 0 Å². The molecule has 220 valence electrons. The molecule has 3 saturated carbocycles. The Bertz CT molecular complexity index is 1110. The summed E-state index contributed by atoms with van der Waals surface area (Å²) in [7, 11) is 0. The van der Waals surface area contributed by atoms with Crippen LogP contribution < -0.4 is 0 Å². The van der Waals surface area contributed by atoms with E-state index >= 15 is 0 Å². The van der Waals surface area contributed by atoms with Crippen molar-refractivity contribution in [2.75, 3.05) is 0 Å². The molecule has 0 radical (unpaired) electrons. The topological polar surface area (TPSA) is 26.3 Å². The molecule has 0 bridgehead atoms. The largest absolute Gasteiger partial charge is 0.458 e. The van der Waals surface area contributed by atoms with E-state index < -0.39 is 0 Å². The first-order chi connectivity index (χ1) is 19.2. The second kappa shape index (κ2) is 12.1. The van der Waals surface area contributed by atoms with Gasteiger partial charge in [0.15, 0.2) is 0 Å². The summed E-state index contributed by atoms with van der Waals surface area (Å²) in [6.07, 6.45) is 17.0. The fourth-order valence-corrected chi connectivity index (χ4v) is 14.0. The molecule has 0 unspecified atom stereocenters. The summed E-state index contributed by atoms with van der Waals surface area (Å²) in [6.45, 7) is 12.6. The van der Waals surface area contributed by atoms with E-state index in [0.29, 0.717) is 10.8 Å². The predicted molar refractivity (Wildman–Crippen MR) is 178 cm³/mol. The molecule has 2 heterocycles. The smallest absolute Gasteiger partial charge is 0.345 e. The highest BCUT2D eigenvalue weighted by molar-refractivity contribution is 8.33. The molecule has 0 spiro atoms. The quantitative estimate of drug-likeness (QED) is 0.209. The minimum Gasteiger partial charge on any atom is -0.458 e. The van der Waals surface area contributed by atoms with Gasteiger partial charge in [-0.1, -0.05) is 113 Å². The zero-order valence-electron chi connectivity index (χ0n) is 25.1. The molecule has 8 atom stereocenters. The number of carbonyl (C=O) groups excluding carboxylic acids is 1. The van der Waals surface area contributed by atoms with Gasteiger partial charge in [0.25, 0.3) is 0 Å². The van der Waals surface area contributed by atoms with Crippen LogP contribution in [0, 0.1) is 46.3 Å². The molecule has 2 nitrogen and oxygen atoms in total. The fourth-order valence-electron chi connectivity index (χ4n) is 9.70. The number of allylic oxidation sites excluding steroid dienone is 1. The molecular formula is C34H48O2S4. The second-order valence-corrected chi connectivity index (χ2v) is 18.6. The van der Waals surface area contributed by atoms with Crippen molar-refractivity contribution in [3.63, 3.8) is 0 Å². The number of thioether (sulfide) groups is 4. The molecule has 4 aliphatic carbocycles. The van der Waals surface area contributed by atoms with E-state index in [2.05, 4.69) is 51.5 Å². The van der Waals surface area contributed by atoms with Gasteiger partial charge in [0.2, 0.25) is 0 Å². The average Bonchev–Trinajstić information content (AvgIpc) is 3.68. The predicted octanol–water partition coefficient (Wildman–Crippen LogP) is 11.3. The summed E-state index contributed by atoms with van der Waals surface area (Å²) >= 11 is 6.75. The van der Waals surface area contributed by atoms with Gasteiger partial charge in [-0.3, -0.25) is 0 Å². The normalized spacial score (nSPS) is 39.5. The van der Waals surface area contributed by atoms with Gasteiger partial charge in [-0.05, 0) is 108 Å². The Kier molecular flexibility index (Phi) is 9.02. The number of hydrogen-bond donors (Lipinski definition) is 0. The summed E-state index contributed by atoms with van der Waals surface area (Å²) in [5.41, 5.74) is 2.44. The molecule has 0 N–H and O–H groups in total. The maximum Gasteiger partial charge on any atom is 0.345 e. The minimum absolute atomic E-state index is 0.0277. The molecular weight excluding hydrogens is 569 g/mol. The number of esters is 1. The van der Waals surface area contributed by atoms with Crippen LogP contribution in [0.2, 0.25) is 0 Å². The summed E-state index contributed by atoms with van der Waals surface area (Å²) in [5, 5.41) is 6.21. The number of rotatable bonds is 7. The van der Waals surface area contributed by atoms with Crippen LogP contribution in [0.25, 0.3) is 0 Å². The van der Waals surface area contributed by atoms with E-state index in [-0.39, 0.29) is 12.1 Å². The van der Waals surface area contributed by atoms with E-state index in [0.717, 1.165) is 53.3 Å². The summed E-state index contributed by atoms with van der Waals surface area (Å²) in [5.74, 6) is 5.05. The van der Waals surface area contributed by atoms with Gasteiger partial charge < -0.3 is 4.74 Å². The number of hydrogen-bond acceptors (Lipinski definition) is 6. The summed E-state index contributed by atoms with van der Waals surface area (Å²) in [4.78, 5) is 13.8. The molecule has 6 aliphatic rings. The Morgan fingerprint density at radius 1 is 0.975 bits per heavy atom. The van der Waals surface area contributed by atoms with Gasteiger partial charge in [0.1, 0.15) is 11.0 Å². The molecule has 40 heavy (non-hydrogen) atoms. The zero-order chi connectivity index (χ0) is 28.1. The molecule has 2 aliphatic heterocycles. The Hall–Kier alpha value is -0.170. The Morgan fingerprint density at radius 2 is 1.77 bits per heavy atom. The highest BCUT2D eigenvalue weighted by atomic mass is 32.2. The second-order valence-electron chi connectivity index (χ2n) is 14.3. The molecule has 0 aromatic rings. The van der Waals surface area contributed by atoms with E-state index in [1.54, 1.807) is 52.6 Å². The van der Waals surface area contributed by atoms with Crippen molar-refractivity contribution in [2.24, 2.45) is 46.3 Å². The average molecular weight is 617 g/mol. The fraction of sp³-hybridized carbons (Fsp3) is 0.735. The van der Waals surface area contributed by atoms with Crippen molar-refractivity contribution in [2.45, 2.75) is 111 Å². The third-order valence-corrected chi connectivity index (χ3v) is 16.8. The van der Waals surface area contributed by atoms with Crippen LogP contribution in [0.5, 0.6) is 0 Å². The lowest BCUT2D eigenvalue weighted by Gasteiger charge is -2.58. The molecule has 3 fully saturated rings. The van der Waals surface area contributed by atoms with Crippen molar-refractivity contribution in [1.82, 2.24) is 0 Å². The lowest BCUT2D eigenvalue weighted by molar-refractivity contribution is -0.145. The van der Waals surface area contributed by atoms with E-state index in [1.807, 2.05) is 5.41 Å². The molecule has 6 rings (SSSR count). The highest BCUT2D eigenvalue weighted by Crippen LogP contribution is 2.67. The van der Waals surface area contributed by atoms with Crippen LogP contribution in [-0.2, 0) is 9.53 Å². The number of fused-ring (bicyclic) bond motifs is 5. The molecule has 6 heteroatoms. The van der Waals surface area contributed by atoms with Crippen molar-refractivity contribution in [3.05, 3.63) is 41.3 Å². The first-order valence-electron chi connectivity index (χ1n) is 15.9. The van der Waals surface area contributed by atoms with Crippen LogP contribution in [0.4, 0.5) is 0 Å². The molecule has 0 amide bonds. The zero-order valence-corrected chi connectivity index (χ0v) is 28.3. The Morgan fingerprint density at radius 3 is 2.55 bits per heavy atom. The van der Waals surface area contributed by atoms with Crippen LogP contribution in [0.1, 0.15) is 105 Å². The first-order valence-corrected chi connectivity index (χ1v) is 19.3. The van der Waals surface area contributed by atoms with Gasteiger partial charge in [-0.25, -0.2) is 4.79 Å². The van der Waals surface area contributed by atoms with Crippen LogP contribution >= 0.6 is 47.0 Å². The molecule has 0 aromatic carbocycles. The maximum atomic E-state index is 13.1. The van der Waals surface area contributed by atoms with E-state index in [9.17, 15) is 4.79 Å². The van der Waals surface area contributed by atoms with E-state index in [1.165, 1.54) is 66.3 Å². The number of carbonyl (C=O) groups is 1. The van der Waals surface area contributed by atoms with Crippen molar-refractivity contribution in [3.8, 4) is 0 Å². The standard InChI is InChI=1S/C34H48O2S4/c1-21(2)7-6-8-22(3)26-11-12-27-25-10-9-23-19-24(13-15-33(23,4)28(25)14-16-34(26,27)5)36-30(35)29-20-39-32(40-29)31-37-17-18-38-31/h9,17-18,20-22,24-28H,6-8,10-16,19H2,1-5H3/t22-,24+,25+,26-,27+,28+,33+,34-/m1/s1. The Labute approximate surface area is 260 Å². The molecule has 0 saturated heterocycles. The summed E-state index contributed by atoms with van der Waals surface area (Å²) < 4.78 is 8.65. The lowest BCUT2D eigenvalue weighted by atomic mass is 9.47. The SMILES string of the molecule is CC(C)CCC[C@@H](C)[C@H]1CC[C@H]2[C@@H]3CC=C4C[C@@H](OC(=O)C5=CSC(=C6SC=CS6)S5)CC[C@]4(C)[C@H]3CC[C@]12C. The van der Waals surface area contributed by atoms with Gasteiger partial charge >= 0.3 is 5.97 Å². The van der Waals surface area contributed by atoms with Crippen molar-refractivity contribution >= 4 is 53.0 Å². The first kappa shape index (κ1) is 29.9. The van der Waals surface area contributed by atoms with Crippen LogP contribution in [0.3, 0.4) is 0 Å². The lowest BCUT2D eigenvalue weighted by Crippen LogP contribution is -2.51. The minimum atomic E-state index is -0.120. The maximum absolute atomic E-state index is 13.1. The monoisotopic (exact) mass is 616 g/mol. The van der Waals surface area contributed by atoms with Crippen molar-refractivity contribution < 1.29 is 9.53 Å². The van der Waals surface area contributed by atoms with Crippen molar-refractivity contribution in [1.29, 1.82) is 0 Å². The van der Waals surface area contributed by atoms with Gasteiger partial charge in [0, 0.05) is 6.42 Å². The van der Waals surface area contributed by atoms with Gasteiger partial charge in [-0.15, -0.1) is 0 Å². The Balaban J connectivity index is 1.08. The van der Waals surface area contributed by atoms with Crippen LogP contribution in [-0.4, -0.2) is 12.1 Å². The van der Waals surface area contributed by atoms with Crippen LogP contribution in [0.15, 0.2) is 41.3 Å². The van der Waals surface area contributed by atoms with E-state index in [4.69, 9.17) is 4.74 Å². The highest BCUT2D eigenvalue weighted by Gasteiger charge is 2.59. The molecule has 0 aromatic heterocycles.